The van der Waals surface area contributed by atoms with Gasteiger partial charge < -0.3 is 10.1 Å². The van der Waals surface area contributed by atoms with Crippen LogP contribution in [0.25, 0.3) is 0 Å². The molecule has 3 nitrogen and oxygen atoms in total. The molecule has 0 amide bonds. The summed E-state index contributed by atoms with van der Waals surface area (Å²) in [7, 11) is 1.64. The summed E-state index contributed by atoms with van der Waals surface area (Å²) in [5.74, 6) is 1.53. The van der Waals surface area contributed by atoms with Gasteiger partial charge in [0.25, 0.3) is 0 Å². The number of pyridine rings is 1. The molecule has 0 spiro atoms. The van der Waals surface area contributed by atoms with Crippen molar-refractivity contribution in [2.24, 2.45) is 5.92 Å². The van der Waals surface area contributed by atoms with Gasteiger partial charge in [0.1, 0.15) is 0 Å². The Bertz CT molecular complexity index is 344. The van der Waals surface area contributed by atoms with E-state index in [0.29, 0.717) is 11.9 Å². The first-order valence-corrected chi connectivity index (χ1v) is 7.02. The maximum atomic E-state index is 5.06. The summed E-state index contributed by atoms with van der Waals surface area (Å²) in [5, 5.41) is 3.63. The van der Waals surface area contributed by atoms with Gasteiger partial charge in [-0.05, 0) is 31.2 Å². The number of aromatic nitrogens is 1. The van der Waals surface area contributed by atoms with Gasteiger partial charge in [0, 0.05) is 24.8 Å². The Kier molecular flexibility index (Phi) is 5.00. The SMILES string of the molecule is COc1ccc(CNC(C)C2CCCCC2)cn1. The number of nitrogens with one attached hydrogen (secondary N) is 1. The summed E-state index contributed by atoms with van der Waals surface area (Å²) in [4.78, 5) is 4.23. The molecule has 1 fully saturated rings. The van der Waals surface area contributed by atoms with E-state index in [9.17, 15) is 0 Å². The van der Waals surface area contributed by atoms with E-state index in [-0.39, 0.29) is 0 Å². The van der Waals surface area contributed by atoms with Crippen LogP contribution in [-0.2, 0) is 6.54 Å². The lowest BCUT2D eigenvalue weighted by atomic mass is 9.84. The predicted octanol–water partition coefficient (Wildman–Crippen LogP) is 3.15. The van der Waals surface area contributed by atoms with E-state index < -0.39 is 0 Å². The molecule has 1 aromatic rings. The summed E-state index contributed by atoms with van der Waals surface area (Å²) in [6.07, 6.45) is 8.89. The van der Waals surface area contributed by atoms with Crippen molar-refractivity contribution in [3.63, 3.8) is 0 Å². The third-order valence-corrected chi connectivity index (χ3v) is 3.99. The highest BCUT2D eigenvalue weighted by Gasteiger charge is 2.19. The van der Waals surface area contributed by atoms with E-state index in [1.54, 1.807) is 7.11 Å². The van der Waals surface area contributed by atoms with Gasteiger partial charge in [0.2, 0.25) is 5.88 Å². The number of rotatable bonds is 5. The quantitative estimate of drug-likeness (QED) is 0.869. The molecule has 1 unspecified atom stereocenters. The number of methoxy groups -OCH3 is 1. The molecule has 1 heterocycles. The second-order valence-electron chi connectivity index (χ2n) is 5.28. The van der Waals surface area contributed by atoms with Crippen LogP contribution in [0.1, 0.15) is 44.6 Å². The first-order valence-electron chi connectivity index (χ1n) is 7.02. The summed E-state index contributed by atoms with van der Waals surface area (Å²) in [6.45, 7) is 3.21. The van der Waals surface area contributed by atoms with E-state index in [0.717, 1.165) is 12.5 Å². The van der Waals surface area contributed by atoms with E-state index in [4.69, 9.17) is 4.74 Å². The highest BCUT2D eigenvalue weighted by molar-refractivity contribution is 5.17. The summed E-state index contributed by atoms with van der Waals surface area (Å²) >= 11 is 0. The van der Waals surface area contributed by atoms with Crippen LogP contribution < -0.4 is 10.1 Å². The molecule has 1 aromatic heterocycles. The first-order chi connectivity index (χ1) is 8.79. The van der Waals surface area contributed by atoms with Crippen LogP contribution in [-0.4, -0.2) is 18.1 Å². The van der Waals surface area contributed by atoms with E-state index >= 15 is 0 Å². The molecular weight excluding hydrogens is 224 g/mol. The summed E-state index contributed by atoms with van der Waals surface area (Å²) in [6, 6.07) is 4.60. The van der Waals surface area contributed by atoms with Crippen molar-refractivity contribution in [1.29, 1.82) is 0 Å². The fourth-order valence-corrected chi connectivity index (χ4v) is 2.72. The van der Waals surface area contributed by atoms with Crippen molar-refractivity contribution in [2.75, 3.05) is 7.11 Å². The average Bonchev–Trinajstić information content (AvgIpc) is 2.46. The van der Waals surface area contributed by atoms with Gasteiger partial charge in [-0.15, -0.1) is 0 Å². The number of nitrogens with zero attached hydrogens (tertiary/aromatic N) is 1. The highest BCUT2D eigenvalue weighted by atomic mass is 16.5. The Morgan fingerprint density at radius 3 is 2.72 bits per heavy atom. The molecule has 2 rings (SSSR count). The summed E-state index contributed by atoms with van der Waals surface area (Å²) < 4.78 is 5.06. The molecular formula is C15H24N2O. The number of hydrogen-bond donors (Lipinski definition) is 1. The van der Waals surface area contributed by atoms with Crippen LogP contribution in [0, 0.1) is 5.92 Å². The molecule has 18 heavy (non-hydrogen) atoms. The molecule has 1 aliphatic carbocycles. The van der Waals surface area contributed by atoms with Crippen molar-refractivity contribution in [2.45, 2.75) is 51.6 Å². The second-order valence-corrected chi connectivity index (χ2v) is 5.28. The monoisotopic (exact) mass is 248 g/mol. The Labute approximate surface area is 110 Å². The molecule has 1 saturated carbocycles. The van der Waals surface area contributed by atoms with Gasteiger partial charge >= 0.3 is 0 Å². The minimum absolute atomic E-state index is 0.604. The fraction of sp³-hybridized carbons (Fsp3) is 0.667. The number of ether oxygens (including phenoxy) is 1. The van der Waals surface area contributed by atoms with Crippen LogP contribution in [0.4, 0.5) is 0 Å². The molecule has 0 bridgehead atoms. The minimum atomic E-state index is 0.604. The van der Waals surface area contributed by atoms with Crippen molar-refractivity contribution in [3.8, 4) is 5.88 Å². The normalized spacial score (nSPS) is 18.6. The fourth-order valence-electron chi connectivity index (χ4n) is 2.72. The second kappa shape index (κ2) is 6.74. The maximum Gasteiger partial charge on any atom is 0.212 e. The van der Waals surface area contributed by atoms with Crippen molar-refractivity contribution < 1.29 is 4.74 Å². The van der Waals surface area contributed by atoms with Gasteiger partial charge in [-0.1, -0.05) is 25.3 Å². The molecule has 1 aliphatic rings. The molecule has 100 valence electrons. The van der Waals surface area contributed by atoms with Gasteiger partial charge in [-0.2, -0.15) is 0 Å². The van der Waals surface area contributed by atoms with Crippen LogP contribution in [0.3, 0.4) is 0 Å². The van der Waals surface area contributed by atoms with Crippen LogP contribution in [0.2, 0.25) is 0 Å². The Morgan fingerprint density at radius 2 is 2.11 bits per heavy atom. The third kappa shape index (κ3) is 3.70. The van der Waals surface area contributed by atoms with Crippen molar-refractivity contribution >= 4 is 0 Å². The van der Waals surface area contributed by atoms with Crippen LogP contribution in [0.15, 0.2) is 18.3 Å². The van der Waals surface area contributed by atoms with E-state index in [1.807, 2.05) is 12.3 Å². The van der Waals surface area contributed by atoms with E-state index in [1.165, 1.54) is 37.7 Å². The predicted molar refractivity (Wildman–Crippen MR) is 73.7 cm³/mol. The standard InChI is InChI=1S/C15H24N2O/c1-12(14-6-4-3-5-7-14)16-10-13-8-9-15(18-2)17-11-13/h8-9,11-12,14,16H,3-7,10H2,1-2H3. The smallest absolute Gasteiger partial charge is 0.212 e. The third-order valence-electron chi connectivity index (χ3n) is 3.99. The topological polar surface area (TPSA) is 34.1 Å². The molecule has 0 radical (unpaired) electrons. The molecule has 0 aromatic carbocycles. The molecule has 3 heteroatoms. The van der Waals surface area contributed by atoms with Gasteiger partial charge in [-0.25, -0.2) is 4.98 Å². The van der Waals surface area contributed by atoms with Crippen LogP contribution in [0.5, 0.6) is 5.88 Å². The molecule has 0 aliphatic heterocycles. The molecule has 1 N–H and O–H groups in total. The average molecular weight is 248 g/mol. The lowest BCUT2D eigenvalue weighted by Crippen LogP contribution is -2.34. The zero-order valence-corrected chi connectivity index (χ0v) is 11.5. The Hall–Kier alpha value is -1.09. The van der Waals surface area contributed by atoms with Gasteiger partial charge in [-0.3, -0.25) is 0 Å². The zero-order valence-electron chi connectivity index (χ0n) is 11.5. The minimum Gasteiger partial charge on any atom is -0.481 e. The van der Waals surface area contributed by atoms with Crippen molar-refractivity contribution in [3.05, 3.63) is 23.9 Å². The highest BCUT2D eigenvalue weighted by Crippen LogP contribution is 2.26. The maximum absolute atomic E-state index is 5.06. The lowest BCUT2D eigenvalue weighted by Gasteiger charge is -2.28. The van der Waals surface area contributed by atoms with E-state index in [2.05, 4.69) is 23.3 Å². The van der Waals surface area contributed by atoms with Crippen molar-refractivity contribution in [1.82, 2.24) is 10.3 Å². The van der Waals surface area contributed by atoms with Crippen LogP contribution >= 0.6 is 0 Å². The number of hydrogen-bond acceptors (Lipinski definition) is 3. The molecule has 0 saturated heterocycles. The Balaban J connectivity index is 1.78. The Morgan fingerprint density at radius 1 is 1.33 bits per heavy atom. The largest absolute Gasteiger partial charge is 0.481 e. The molecule has 1 atom stereocenters. The van der Waals surface area contributed by atoms with Gasteiger partial charge in [0.05, 0.1) is 7.11 Å². The lowest BCUT2D eigenvalue weighted by molar-refractivity contribution is 0.280. The zero-order chi connectivity index (χ0) is 12.8. The first kappa shape index (κ1) is 13.3. The van der Waals surface area contributed by atoms with Gasteiger partial charge in [0.15, 0.2) is 0 Å². The summed E-state index contributed by atoms with van der Waals surface area (Å²) in [5.41, 5.74) is 1.22.